The number of benzene rings is 2. The van der Waals surface area contributed by atoms with Gasteiger partial charge in [0.05, 0.1) is 19.0 Å². The molecule has 4 rings (SSSR count). The minimum absolute atomic E-state index is 0.131. The number of hydrogen-bond acceptors (Lipinski definition) is 3. The van der Waals surface area contributed by atoms with Gasteiger partial charge in [0.25, 0.3) is 5.56 Å². The molecule has 5 nitrogen and oxygen atoms in total. The van der Waals surface area contributed by atoms with E-state index in [0.29, 0.717) is 11.2 Å². The predicted octanol–water partition coefficient (Wildman–Crippen LogP) is 3.19. The van der Waals surface area contributed by atoms with Crippen LogP contribution in [0.25, 0.3) is 27.5 Å². The Morgan fingerprint density at radius 2 is 1.79 bits per heavy atom. The van der Waals surface area contributed by atoms with Crippen LogP contribution in [0.2, 0.25) is 0 Å². The van der Waals surface area contributed by atoms with Gasteiger partial charge < -0.3 is 9.30 Å². The van der Waals surface area contributed by atoms with Crippen LogP contribution in [0.3, 0.4) is 0 Å². The lowest BCUT2D eigenvalue weighted by Gasteiger charge is -2.06. The number of aromatic nitrogens is 3. The lowest BCUT2D eigenvalue weighted by Crippen LogP contribution is -2.22. The van der Waals surface area contributed by atoms with Gasteiger partial charge in [0, 0.05) is 23.3 Å². The lowest BCUT2D eigenvalue weighted by molar-refractivity contribution is 0.414. The normalized spacial score (nSPS) is 11.3. The van der Waals surface area contributed by atoms with Gasteiger partial charge in [-0.1, -0.05) is 12.1 Å². The SMILES string of the molecule is COc1ccc(-n2ncc3c4ccc(C)cc4n(C)c3c2=O)cc1. The van der Waals surface area contributed by atoms with Crippen molar-refractivity contribution in [3.8, 4) is 11.4 Å². The van der Waals surface area contributed by atoms with Crippen molar-refractivity contribution in [3.05, 3.63) is 64.6 Å². The van der Waals surface area contributed by atoms with E-state index in [9.17, 15) is 4.79 Å². The third-order valence-electron chi connectivity index (χ3n) is 4.41. The largest absolute Gasteiger partial charge is 0.497 e. The third-order valence-corrected chi connectivity index (χ3v) is 4.41. The molecule has 2 aromatic carbocycles. The van der Waals surface area contributed by atoms with Crippen molar-refractivity contribution in [1.29, 1.82) is 0 Å². The molecule has 2 heterocycles. The summed E-state index contributed by atoms with van der Waals surface area (Å²) in [5.41, 5.74) is 3.44. The van der Waals surface area contributed by atoms with Crippen molar-refractivity contribution < 1.29 is 4.74 Å². The van der Waals surface area contributed by atoms with E-state index in [2.05, 4.69) is 17.2 Å². The molecule has 0 atom stereocenters. The van der Waals surface area contributed by atoms with Crippen molar-refractivity contribution in [2.24, 2.45) is 7.05 Å². The maximum Gasteiger partial charge on any atom is 0.296 e. The van der Waals surface area contributed by atoms with E-state index in [0.717, 1.165) is 27.6 Å². The molecule has 0 radical (unpaired) electrons. The maximum absolute atomic E-state index is 13.0. The highest BCUT2D eigenvalue weighted by molar-refractivity contribution is 6.07. The number of fused-ring (bicyclic) bond motifs is 3. The number of rotatable bonds is 2. The van der Waals surface area contributed by atoms with Gasteiger partial charge in [-0.25, -0.2) is 0 Å². The summed E-state index contributed by atoms with van der Waals surface area (Å²) in [6.07, 6.45) is 1.76. The molecule has 0 saturated carbocycles. The summed E-state index contributed by atoms with van der Waals surface area (Å²) in [6.45, 7) is 2.05. The zero-order valence-electron chi connectivity index (χ0n) is 13.8. The molecular weight excluding hydrogens is 302 g/mol. The van der Waals surface area contributed by atoms with Crippen molar-refractivity contribution in [2.45, 2.75) is 6.92 Å². The van der Waals surface area contributed by atoms with Gasteiger partial charge in [-0.15, -0.1) is 0 Å². The molecule has 0 aliphatic carbocycles. The molecule has 120 valence electrons. The second-order valence-electron chi connectivity index (χ2n) is 5.90. The molecule has 0 spiro atoms. The highest BCUT2D eigenvalue weighted by Crippen LogP contribution is 2.26. The molecule has 0 saturated heterocycles. The van der Waals surface area contributed by atoms with Crippen LogP contribution in [0, 0.1) is 6.92 Å². The number of aryl methyl sites for hydroxylation is 2. The first kappa shape index (κ1) is 14.5. The number of hydrogen-bond donors (Lipinski definition) is 0. The fraction of sp³-hybridized carbons (Fsp3) is 0.158. The van der Waals surface area contributed by atoms with E-state index in [1.54, 1.807) is 13.3 Å². The van der Waals surface area contributed by atoms with Crippen molar-refractivity contribution in [2.75, 3.05) is 7.11 Å². The standard InChI is InChI=1S/C19H17N3O2/c1-12-4-9-15-16-11-20-22(13-5-7-14(24-3)8-6-13)19(23)18(16)21(2)17(15)10-12/h4-11H,1-3H3. The van der Waals surface area contributed by atoms with Gasteiger partial charge in [0.15, 0.2) is 0 Å². The Morgan fingerprint density at radius 3 is 2.50 bits per heavy atom. The summed E-state index contributed by atoms with van der Waals surface area (Å²) in [6, 6.07) is 13.5. The molecule has 0 unspecified atom stereocenters. The van der Waals surface area contributed by atoms with E-state index < -0.39 is 0 Å². The first-order valence-electron chi connectivity index (χ1n) is 7.71. The number of nitrogens with zero attached hydrogens (tertiary/aromatic N) is 3. The summed E-state index contributed by atoms with van der Waals surface area (Å²) in [7, 11) is 3.53. The Labute approximate surface area is 138 Å². The average Bonchev–Trinajstić information content (AvgIpc) is 2.88. The van der Waals surface area contributed by atoms with Crippen molar-refractivity contribution in [1.82, 2.24) is 14.3 Å². The minimum Gasteiger partial charge on any atom is -0.497 e. The van der Waals surface area contributed by atoms with Crippen LogP contribution in [0.15, 0.2) is 53.5 Å². The van der Waals surface area contributed by atoms with E-state index in [-0.39, 0.29) is 5.56 Å². The van der Waals surface area contributed by atoms with E-state index >= 15 is 0 Å². The quantitative estimate of drug-likeness (QED) is 0.570. The molecular formula is C19H17N3O2. The Balaban J connectivity index is 2.02. The van der Waals surface area contributed by atoms with Crippen LogP contribution in [0.1, 0.15) is 5.56 Å². The lowest BCUT2D eigenvalue weighted by atomic mass is 10.1. The van der Waals surface area contributed by atoms with Gasteiger partial charge in [0.2, 0.25) is 0 Å². The van der Waals surface area contributed by atoms with Gasteiger partial charge in [0.1, 0.15) is 11.3 Å². The van der Waals surface area contributed by atoms with Crippen LogP contribution >= 0.6 is 0 Å². The molecule has 0 aliphatic rings. The van der Waals surface area contributed by atoms with Gasteiger partial charge in [-0.05, 0) is 42.8 Å². The Bertz CT molecular complexity index is 1120. The van der Waals surface area contributed by atoms with Crippen molar-refractivity contribution in [3.63, 3.8) is 0 Å². The molecule has 5 heteroatoms. The maximum atomic E-state index is 13.0. The average molecular weight is 319 g/mol. The molecule has 0 amide bonds. The van der Waals surface area contributed by atoms with E-state index in [1.807, 2.05) is 48.9 Å². The zero-order chi connectivity index (χ0) is 16.8. The van der Waals surface area contributed by atoms with Gasteiger partial charge in [-0.3, -0.25) is 4.79 Å². The second kappa shape index (κ2) is 5.23. The smallest absolute Gasteiger partial charge is 0.296 e. The van der Waals surface area contributed by atoms with Gasteiger partial charge in [-0.2, -0.15) is 9.78 Å². The molecule has 0 bridgehead atoms. The van der Waals surface area contributed by atoms with Crippen LogP contribution in [0.4, 0.5) is 0 Å². The van der Waals surface area contributed by atoms with Crippen LogP contribution < -0.4 is 10.3 Å². The number of ether oxygens (including phenoxy) is 1. The van der Waals surface area contributed by atoms with Crippen LogP contribution in [0.5, 0.6) is 5.75 Å². The summed E-state index contributed by atoms with van der Waals surface area (Å²) in [5.74, 6) is 0.743. The Hall–Kier alpha value is -3.08. The molecule has 24 heavy (non-hydrogen) atoms. The highest BCUT2D eigenvalue weighted by atomic mass is 16.5. The molecule has 4 aromatic rings. The van der Waals surface area contributed by atoms with Crippen molar-refractivity contribution >= 4 is 21.8 Å². The molecule has 0 fully saturated rings. The van der Waals surface area contributed by atoms with E-state index in [4.69, 9.17) is 4.74 Å². The second-order valence-corrected chi connectivity index (χ2v) is 5.90. The molecule has 0 aliphatic heterocycles. The fourth-order valence-electron chi connectivity index (χ4n) is 3.14. The monoisotopic (exact) mass is 319 g/mol. The third kappa shape index (κ3) is 2.01. The summed E-state index contributed by atoms with van der Waals surface area (Å²) in [5, 5.41) is 6.29. The number of methoxy groups -OCH3 is 1. The summed E-state index contributed by atoms with van der Waals surface area (Å²) in [4.78, 5) is 13.0. The fourth-order valence-corrected chi connectivity index (χ4v) is 3.14. The molecule has 2 aromatic heterocycles. The minimum atomic E-state index is -0.131. The summed E-state index contributed by atoms with van der Waals surface area (Å²) >= 11 is 0. The first-order chi connectivity index (χ1) is 11.6. The Morgan fingerprint density at radius 1 is 1.04 bits per heavy atom. The van der Waals surface area contributed by atoms with E-state index in [1.165, 1.54) is 4.68 Å². The predicted molar refractivity (Wildman–Crippen MR) is 95.1 cm³/mol. The van der Waals surface area contributed by atoms with Gasteiger partial charge >= 0.3 is 0 Å². The zero-order valence-corrected chi connectivity index (χ0v) is 13.8. The Kier molecular flexibility index (Phi) is 3.16. The van der Waals surface area contributed by atoms with Crippen LogP contribution in [-0.2, 0) is 7.05 Å². The summed E-state index contributed by atoms with van der Waals surface area (Å²) < 4.78 is 8.53. The highest BCUT2D eigenvalue weighted by Gasteiger charge is 2.14. The first-order valence-corrected chi connectivity index (χ1v) is 7.71. The molecule has 0 N–H and O–H groups in total. The van der Waals surface area contributed by atoms with Crippen LogP contribution in [-0.4, -0.2) is 21.5 Å². The topological polar surface area (TPSA) is 49.0 Å².